The van der Waals surface area contributed by atoms with Crippen LogP contribution in [0.3, 0.4) is 0 Å². The molecular formula is C32H40ClN3O4S. The maximum Gasteiger partial charge on any atom is 0.264 e. The Morgan fingerprint density at radius 2 is 1.46 bits per heavy atom. The van der Waals surface area contributed by atoms with Gasteiger partial charge in [0.1, 0.15) is 12.6 Å². The molecule has 0 aromatic heterocycles. The second-order valence-corrected chi connectivity index (χ2v) is 13.1. The summed E-state index contributed by atoms with van der Waals surface area (Å²) in [6.07, 6.45) is 0.353. The molecule has 41 heavy (non-hydrogen) atoms. The summed E-state index contributed by atoms with van der Waals surface area (Å²) in [5, 5.41) is 3.45. The summed E-state index contributed by atoms with van der Waals surface area (Å²) in [6, 6.07) is 19.8. The molecule has 0 bridgehead atoms. The Hall–Kier alpha value is -3.36. The molecule has 0 fully saturated rings. The van der Waals surface area contributed by atoms with Gasteiger partial charge in [-0.1, -0.05) is 74.3 Å². The molecule has 0 unspecified atom stereocenters. The molecule has 9 heteroatoms. The average Bonchev–Trinajstić information content (AvgIpc) is 2.92. The Morgan fingerprint density at radius 1 is 0.878 bits per heavy atom. The normalized spacial score (nSPS) is 12.3. The molecule has 0 spiro atoms. The first kappa shape index (κ1) is 32.2. The molecule has 0 radical (unpaired) electrons. The highest BCUT2D eigenvalue weighted by Crippen LogP contribution is 2.27. The van der Waals surface area contributed by atoms with Gasteiger partial charge < -0.3 is 10.2 Å². The van der Waals surface area contributed by atoms with Crippen molar-refractivity contribution in [3.8, 4) is 0 Å². The van der Waals surface area contributed by atoms with Gasteiger partial charge in [0.15, 0.2) is 0 Å². The first-order chi connectivity index (χ1) is 19.3. The number of anilines is 1. The Labute approximate surface area is 249 Å². The highest BCUT2D eigenvalue weighted by molar-refractivity contribution is 7.92. The van der Waals surface area contributed by atoms with Gasteiger partial charge in [-0.3, -0.25) is 13.9 Å². The van der Waals surface area contributed by atoms with Gasteiger partial charge in [0.05, 0.1) is 10.6 Å². The third-order valence-electron chi connectivity index (χ3n) is 6.82. The van der Waals surface area contributed by atoms with Crippen molar-refractivity contribution in [1.82, 2.24) is 10.2 Å². The molecule has 0 aliphatic heterocycles. The minimum Gasteiger partial charge on any atom is -0.352 e. The lowest BCUT2D eigenvalue weighted by Gasteiger charge is -2.33. The van der Waals surface area contributed by atoms with Crippen LogP contribution in [0.5, 0.6) is 0 Å². The number of amides is 2. The van der Waals surface area contributed by atoms with E-state index in [0.717, 1.165) is 21.0 Å². The van der Waals surface area contributed by atoms with Gasteiger partial charge in [-0.15, -0.1) is 0 Å². The first-order valence-electron chi connectivity index (χ1n) is 13.9. The van der Waals surface area contributed by atoms with E-state index in [-0.39, 0.29) is 29.3 Å². The number of sulfonamides is 1. The lowest BCUT2D eigenvalue weighted by atomic mass is 10.0. The third kappa shape index (κ3) is 8.33. The lowest BCUT2D eigenvalue weighted by molar-refractivity contribution is -0.140. The average molecular weight is 598 g/mol. The maximum atomic E-state index is 14.1. The van der Waals surface area contributed by atoms with Gasteiger partial charge in [0.2, 0.25) is 11.8 Å². The Morgan fingerprint density at radius 3 is 1.98 bits per heavy atom. The zero-order valence-electron chi connectivity index (χ0n) is 24.6. The van der Waals surface area contributed by atoms with Crippen molar-refractivity contribution in [3.63, 3.8) is 0 Å². The van der Waals surface area contributed by atoms with Gasteiger partial charge in [-0.2, -0.15) is 0 Å². The van der Waals surface area contributed by atoms with E-state index in [0.29, 0.717) is 17.1 Å². The molecular weight excluding hydrogens is 558 g/mol. The summed E-state index contributed by atoms with van der Waals surface area (Å²) in [7, 11) is -4.11. The molecule has 0 heterocycles. The maximum absolute atomic E-state index is 14.1. The van der Waals surface area contributed by atoms with Crippen LogP contribution in [0.15, 0.2) is 77.7 Å². The zero-order valence-corrected chi connectivity index (χ0v) is 26.2. The number of nitrogens with zero attached hydrogens (tertiary/aromatic N) is 2. The summed E-state index contributed by atoms with van der Waals surface area (Å²) in [6.45, 7) is 11.2. The van der Waals surface area contributed by atoms with Gasteiger partial charge in [-0.05, 0) is 80.6 Å². The van der Waals surface area contributed by atoms with Crippen molar-refractivity contribution in [2.24, 2.45) is 0 Å². The van der Waals surface area contributed by atoms with Crippen molar-refractivity contribution in [1.29, 1.82) is 0 Å². The predicted octanol–water partition coefficient (Wildman–Crippen LogP) is 6.30. The molecule has 7 nitrogen and oxygen atoms in total. The lowest BCUT2D eigenvalue weighted by Crippen LogP contribution is -2.53. The number of rotatable bonds is 12. The standard InChI is InChI=1S/C32H40ClN3O4S/c1-7-30(32(38)34-23(4)5)35(20-25-10-14-27(33)15-11-25)31(37)21-36(28-16-12-26(13-17-28)22(2)3)41(39,40)29-18-8-24(6)9-19-29/h8-19,22-23,30H,7,20-21H2,1-6H3,(H,34,38)/t30-/m1/s1. The Balaban J connectivity index is 2.07. The molecule has 0 aliphatic rings. The van der Waals surface area contributed by atoms with Gasteiger partial charge in [0, 0.05) is 17.6 Å². The molecule has 3 rings (SSSR count). The summed E-state index contributed by atoms with van der Waals surface area (Å²) in [5.41, 5.74) is 3.11. The van der Waals surface area contributed by atoms with Crippen LogP contribution in [-0.2, 0) is 26.2 Å². The number of nitrogens with one attached hydrogen (secondary N) is 1. The molecule has 0 saturated carbocycles. The van der Waals surface area contributed by atoms with E-state index in [4.69, 9.17) is 11.6 Å². The van der Waals surface area contributed by atoms with Crippen molar-refractivity contribution < 1.29 is 18.0 Å². The molecule has 0 saturated heterocycles. The molecule has 3 aromatic rings. The fraction of sp³-hybridized carbons (Fsp3) is 0.375. The second-order valence-electron chi connectivity index (χ2n) is 10.8. The number of benzene rings is 3. The van der Waals surface area contributed by atoms with E-state index in [1.54, 1.807) is 60.7 Å². The number of hydrogen-bond donors (Lipinski definition) is 1. The van der Waals surface area contributed by atoms with Crippen LogP contribution < -0.4 is 9.62 Å². The van der Waals surface area contributed by atoms with Crippen molar-refractivity contribution in [3.05, 3.63) is 94.5 Å². The van der Waals surface area contributed by atoms with Crippen LogP contribution in [0, 0.1) is 6.92 Å². The third-order valence-corrected chi connectivity index (χ3v) is 8.86. The minimum atomic E-state index is -4.11. The highest BCUT2D eigenvalue weighted by atomic mass is 35.5. The van der Waals surface area contributed by atoms with Crippen molar-refractivity contribution in [2.45, 2.75) is 77.4 Å². The number of hydrogen-bond acceptors (Lipinski definition) is 4. The number of carbonyl (C=O) groups is 2. The smallest absolute Gasteiger partial charge is 0.264 e. The van der Waals surface area contributed by atoms with E-state index in [1.807, 2.05) is 39.8 Å². The van der Waals surface area contributed by atoms with Crippen LogP contribution in [0.2, 0.25) is 5.02 Å². The summed E-state index contributed by atoms with van der Waals surface area (Å²) in [5.74, 6) is -0.527. The predicted molar refractivity (Wildman–Crippen MR) is 166 cm³/mol. The van der Waals surface area contributed by atoms with Gasteiger partial charge >= 0.3 is 0 Å². The van der Waals surface area contributed by atoms with Gasteiger partial charge in [0.25, 0.3) is 10.0 Å². The van der Waals surface area contributed by atoms with E-state index in [9.17, 15) is 18.0 Å². The SMILES string of the molecule is CC[C@H](C(=O)NC(C)C)N(Cc1ccc(Cl)cc1)C(=O)CN(c1ccc(C(C)C)cc1)S(=O)(=O)c1ccc(C)cc1. The van der Waals surface area contributed by atoms with Crippen LogP contribution in [0.4, 0.5) is 5.69 Å². The van der Waals surface area contributed by atoms with Crippen LogP contribution >= 0.6 is 11.6 Å². The van der Waals surface area contributed by atoms with Crippen LogP contribution in [0.1, 0.15) is 63.6 Å². The quantitative estimate of drug-likeness (QED) is 0.265. The molecule has 220 valence electrons. The fourth-order valence-corrected chi connectivity index (χ4v) is 6.02. The molecule has 3 aromatic carbocycles. The number of carbonyl (C=O) groups excluding carboxylic acids is 2. The summed E-state index contributed by atoms with van der Waals surface area (Å²) >= 11 is 6.08. The van der Waals surface area contributed by atoms with Crippen molar-refractivity contribution in [2.75, 3.05) is 10.8 Å². The van der Waals surface area contributed by atoms with E-state index < -0.39 is 28.5 Å². The number of aryl methyl sites for hydroxylation is 1. The molecule has 1 atom stereocenters. The van der Waals surface area contributed by atoms with Crippen LogP contribution in [-0.4, -0.2) is 43.8 Å². The summed E-state index contributed by atoms with van der Waals surface area (Å²) < 4.78 is 29.1. The van der Waals surface area contributed by atoms with Crippen molar-refractivity contribution >= 4 is 39.1 Å². The summed E-state index contributed by atoms with van der Waals surface area (Å²) in [4.78, 5) is 28.9. The molecule has 0 aliphatic carbocycles. The van der Waals surface area contributed by atoms with E-state index >= 15 is 0 Å². The fourth-order valence-electron chi connectivity index (χ4n) is 4.48. The van der Waals surface area contributed by atoms with Crippen LogP contribution in [0.25, 0.3) is 0 Å². The Kier molecular flexibility index (Phi) is 11.0. The molecule has 2 amide bonds. The largest absolute Gasteiger partial charge is 0.352 e. The molecule has 1 N–H and O–H groups in total. The minimum absolute atomic E-state index is 0.0812. The highest BCUT2D eigenvalue weighted by Gasteiger charge is 2.33. The monoisotopic (exact) mass is 597 g/mol. The second kappa shape index (κ2) is 14.0. The van der Waals surface area contributed by atoms with E-state index in [2.05, 4.69) is 19.2 Å². The number of halogens is 1. The zero-order chi connectivity index (χ0) is 30.3. The van der Waals surface area contributed by atoms with E-state index in [1.165, 1.54) is 4.90 Å². The Bertz CT molecular complexity index is 1420. The van der Waals surface area contributed by atoms with Gasteiger partial charge in [-0.25, -0.2) is 8.42 Å². The topological polar surface area (TPSA) is 86.8 Å². The first-order valence-corrected chi connectivity index (χ1v) is 15.7.